The number of rotatable bonds is 6. The zero-order valence-corrected chi connectivity index (χ0v) is 28.0. The molecule has 1 aliphatic rings. The van der Waals surface area contributed by atoms with E-state index in [0.717, 1.165) is 17.1 Å². The molecule has 0 fully saturated rings. The van der Waals surface area contributed by atoms with E-state index in [-0.39, 0.29) is 0 Å². The zero-order valence-electron chi connectivity index (χ0n) is 28.0. The number of hydrogen-bond donors (Lipinski definition) is 0. The largest absolute Gasteiger partial charge is 0.310 e. The summed E-state index contributed by atoms with van der Waals surface area (Å²) in [6.07, 6.45) is 0. The monoisotopic (exact) mass is 647 g/mol. The van der Waals surface area contributed by atoms with Gasteiger partial charge in [-0.2, -0.15) is 0 Å². The summed E-state index contributed by atoms with van der Waals surface area (Å²) < 4.78 is 0. The maximum absolute atomic E-state index is 2.39. The minimum absolute atomic E-state index is 1.12. The molecule has 0 aliphatic heterocycles. The van der Waals surface area contributed by atoms with Crippen LogP contribution in [0.3, 0.4) is 0 Å². The van der Waals surface area contributed by atoms with Gasteiger partial charge in [-0.3, -0.25) is 0 Å². The van der Waals surface area contributed by atoms with Crippen molar-refractivity contribution < 1.29 is 0 Å². The van der Waals surface area contributed by atoms with Gasteiger partial charge < -0.3 is 4.90 Å². The topological polar surface area (TPSA) is 3.24 Å². The molecule has 1 aliphatic carbocycles. The van der Waals surface area contributed by atoms with Crippen molar-refractivity contribution in [2.75, 3.05) is 4.90 Å². The van der Waals surface area contributed by atoms with E-state index in [1.165, 1.54) is 77.2 Å². The van der Waals surface area contributed by atoms with Crippen molar-refractivity contribution >= 4 is 38.6 Å². The first-order valence-corrected chi connectivity index (χ1v) is 17.6. The fourth-order valence-corrected chi connectivity index (χ4v) is 7.70. The first kappa shape index (κ1) is 29.2. The van der Waals surface area contributed by atoms with E-state index in [4.69, 9.17) is 0 Å². The van der Waals surface area contributed by atoms with Crippen LogP contribution in [0.5, 0.6) is 0 Å². The number of anilines is 3. The molecule has 0 amide bonds. The van der Waals surface area contributed by atoms with Gasteiger partial charge in [-0.1, -0.05) is 133 Å². The van der Waals surface area contributed by atoms with Crippen molar-refractivity contribution in [3.8, 4) is 55.6 Å². The second-order valence-corrected chi connectivity index (χ2v) is 13.4. The van der Waals surface area contributed by atoms with E-state index in [1.54, 1.807) is 0 Å². The molecule has 0 heterocycles. The lowest BCUT2D eigenvalue weighted by atomic mass is 9.77. The molecular formula is C50H33N. The van der Waals surface area contributed by atoms with Crippen LogP contribution in [0.2, 0.25) is 0 Å². The van der Waals surface area contributed by atoms with Crippen LogP contribution in [-0.2, 0) is 0 Å². The third kappa shape index (κ3) is 5.19. The van der Waals surface area contributed by atoms with E-state index in [9.17, 15) is 0 Å². The summed E-state index contributed by atoms with van der Waals surface area (Å²) in [5.41, 5.74) is 16.0. The lowest BCUT2D eigenvalue weighted by Gasteiger charge is -2.28. The Morgan fingerprint density at radius 2 is 0.608 bits per heavy atom. The summed E-state index contributed by atoms with van der Waals surface area (Å²) in [7, 11) is 0. The number of hydrogen-bond acceptors (Lipinski definition) is 1. The quantitative estimate of drug-likeness (QED) is 0.174. The molecular weight excluding hydrogens is 615 g/mol. The summed E-state index contributed by atoms with van der Waals surface area (Å²) in [6.45, 7) is 0. The Bertz CT molecular complexity index is 2710. The van der Waals surface area contributed by atoms with Crippen LogP contribution < -0.4 is 4.90 Å². The normalized spacial score (nSPS) is 11.5. The molecule has 0 bridgehead atoms. The van der Waals surface area contributed by atoms with Crippen molar-refractivity contribution in [2.45, 2.75) is 0 Å². The van der Waals surface area contributed by atoms with E-state index >= 15 is 0 Å². The van der Waals surface area contributed by atoms with E-state index < -0.39 is 0 Å². The van der Waals surface area contributed by atoms with Gasteiger partial charge in [0.15, 0.2) is 0 Å². The van der Waals surface area contributed by atoms with Gasteiger partial charge in [0.1, 0.15) is 0 Å². The third-order valence-electron chi connectivity index (χ3n) is 10.3. The van der Waals surface area contributed by atoms with E-state index in [1.807, 2.05) is 0 Å². The molecule has 9 aromatic rings. The van der Waals surface area contributed by atoms with Crippen LogP contribution in [0.1, 0.15) is 0 Å². The Kier molecular flexibility index (Phi) is 6.89. The van der Waals surface area contributed by atoms with Gasteiger partial charge in [-0.05, 0) is 144 Å². The predicted molar refractivity (Wildman–Crippen MR) is 217 cm³/mol. The Morgan fingerprint density at radius 3 is 1.20 bits per heavy atom. The molecule has 0 saturated heterocycles. The predicted octanol–water partition coefficient (Wildman–Crippen LogP) is 14.1. The van der Waals surface area contributed by atoms with Gasteiger partial charge in [0.05, 0.1) is 0 Å². The molecule has 0 N–H and O–H groups in total. The zero-order chi connectivity index (χ0) is 33.7. The average Bonchev–Trinajstić information content (AvgIpc) is 3.21. The van der Waals surface area contributed by atoms with Gasteiger partial charge in [-0.25, -0.2) is 0 Å². The maximum Gasteiger partial charge on any atom is 0.0468 e. The van der Waals surface area contributed by atoms with Crippen molar-refractivity contribution in [3.63, 3.8) is 0 Å². The second kappa shape index (κ2) is 12.0. The Morgan fingerprint density at radius 1 is 0.216 bits per heavy atom. The minimum atomic E-state index is 1.12. The standard InChI is InChI=1S/C50H33N/c1-4-11-34(12-5-1)37-21-24-44(25-22-37)51(45-18-10-17-38(28-45)35-13-6-2-7-14-35)46-26-23-41-31-48-49-32-42-27-39(36-15-8-3-9-16-36)19-20-40(42)30-47(49)50(48)33-43(41)29-46/h1-33H. The van der Waals surface area contributed by atoms with Crippen LogP contribution in [-0.4, -0.2) is 0 Å². The van der Waals surface area contributed by atoms with Gasteiger partial charge in [-0.15, -0.1) is 0 Å². The highest BCUT2D eigenvalue weighted by Gasteiger charge is 2.24. The maximum atomic E-state index is 2.39. The molecule has 51 heavy (non-hydrogen) atoms. The van der Waals surface area contributed by atoms with Crippen molar-refractivity contribution in [2.24, 2.45) is 0 Å². The minimum Gasteiger partial charge on any atom is -0.310 e. The fourth-order valence-electron chi connectivity index (χ4n) is 7.70. The van der Waals surface area contributed by atoms with Crippen LogP contribution in [0, 0.1) is 0 Å². The highest BCUT2D eigenvalue weighted by Crippen LogP contribution is 2.51. The highest BCUT2D eigenvalue weighted by atomic mass is 15.1. The SMILES string of the molecule is c1ccc(-c2ccc(N(c3cccc(-c4ccccc4)c3)c3ccc4cc5c(cc4c3)-c3cc4ccc(-c6ccccc6)cc4cc3-5)cc2)cc1. The molecule has 10 rings (SSSR count). The molecule has 0 atom stereocenters. The lowest BCUT2D eigenvalue weighted by Crippen LogP contribution is -2.10. The molecule has 9 aromatic carbocycles. The molecule has 238 valence electrons. The molecule has 0 saturated carbocycles. The summed E-state index contributed by atoms with van der Waals surface area (Å²) in [5, 5.41) is 5.04. The molecule has 0 unspecified atom stereocenters. The van der Waals surface area contributed by atoms with Gasteiger partial charge in [0.2, 0.25) is 0 Å². The van der Waals surface area contributed by atoms with Crippen LogP contribution in [0.15, 0.2) is 200 Å². The number of nitrogens with zero attached hydrogens (tertiary/aromatic N) is 1. The van der Waals surface area contributed by atoms with Gasteiger partial charge >= 0.3 is 0 Å². The van der Waals surface area contributed by atoms with E-state index in [2.05, 4.69) is 205 Å². The Labute approximate surface area is 298 Å². The first-order chi connectivity index (χ1) is 25.2. The summed E-state index contributed by atoms with van der Waals surface area (Å²) >= 11 is 0. The Hall–Kier alpha value is -6.70. The number of benzene rings is 9. The van der Waals surface area contributed by atoms with Crippen LogP contribution in [0.4, 0.5) is 17.1 Å². The first-order valence-electron chi connectivity index (χ1n) is 17.6. The Balaban J connectivity index is 1.06. The molecule has 0 radical (unpaired) electrons. The molecule has 0 spiro atoms. The second-order valence-electron chi connectivity index (χ2n) is 13.4. The van der Waals surface area contributed by atoms with Gasteiger partial charge in [0, 0.05) is 17.1 Å². The van der Waals surface area contributed by atoms with Crippen LogP contribution in [0.25, 0.3) is 77.2 Å². The van der Waals surface area contributed by atoms with Gasteiger partial charge in [0.25, 0.3) is 0 Å². The number of fused-ring (bicyclic) bond motifs is 6. The molecule has 1 heteroatoms. The van der Waals surface area contributed by atoms with Crippen LogP contribution >= 0.6 is 0 Å². The summed E-state index contributed by atoms with van der Waals surface area (Å²) in [5.74, 6) is 0. The fraction of sp³-hybridized carbons (Fsp3) is 0. The van der Waals surface area contributed by atoms with Crippen molar-refractivity contribution in [1.82, 2.24) is 0 Å². The van der Waals surface area contributed by atoms with Crippen molar-refractivity contribution in [1.29, 1.82) is 0 Å². The summed E-state index contributed by atoms with van der Waals surface area (Å²) in [6, 6.07) is 72.9. The highest BCUT2D eigenvalue weighted by molar-refractivity contribution is 6.12. The summed E-state index contributed by atoms with van der Waals surface area (Å²) in [4.78, 5) is 2.38. The lowest BCUT2D eigenvalue weighted by molar-refractivity contribution is 1.29. The van der Waals surface area contributed by atoms with E-state index in [0.29, 0.717) is 0 Å². The van der Waals surface area contributed by atoms with Crippen molar-refractivity contribution in [3.05, 3.63) is 200 Å². The average molecular weight is 648 g/mol. The smallest absolute Gasteiger partial charge is 0.0468 e. The molecule has 1 nitrogen and oxygen atoms in total. The third-order valence-corrected chi connectivity index (χ3v) is 10.3. The molecule has 0 aromatic heterocycles.